The van der Waals surface area contributed by atoms with Gasteiger partial charge in [-0.1, -0.05) is 67.6 Å². The number of carbonyl (C=O) groups is 1. The molecule has 5 aromatic rings. The summed E-state index contributed by atoms with van der Waals surface area (Å²) in [4.78, 5) is 34.8. The summed E-state index contributed by atoms with van der Waals surface area (Å²) >= 11 is 0. The average molecular weight is 648 g/mol. The summed E-state index contributed by atoms with van der Waals surface area (Å²) in [6.07, 6.45) is 4.08. The van der Waals surface area contributed by atoms with E-state index in [-0.39, 0.29) is 42.4 Å². The van der Waals surface area contributed by atoms with Crippen molar-refractivity contribution in [2.24, 2.45) is 5.92 Å². The van der Waals surface area contributed by atoms with Crippen LogP contribution in [0.25, 0.3) is 11.0 Å². The Morgan fingerprint density at radius 3 is 2.40 bits per heavy atom. The number of H-pyrrole nitrogens is 1. The molecule has 0 bridgehead atoms. The van der Waals surface area contributed by atoms with Crippen LogP contribution in [0.2, 0.25) is 0 Å². The van der Waals surface area contributed by atoms with E-state index in [9.17, 15) is 14.7 Å². The van der Waals surface area contributed by atoms with Gasteiger partial charge in [-0.05, 0) is 53.8 Å². The van der Waals surface area contributed by atoms with E-state index in [2.05, 4.69) is 27.1 Å². The van der Waals surface area contributed by atoms with Gasteiger partial charge in [-0.25, -0.2) is 4.79 Å². The number of nitrogens with one attached hydrogen (secondary N) is 2. The van der Waals surface area contributed by atoms with Crippen molar-refractivity contribution in [1.82, 2.24) is 24.8 Å². The number of aliphatic hydroxyl groups is 1. The number of imidazole rings is 1. The quantitative estimate of drug-likeness (QED) is 0.199. The second kappa shape index (κ2) is 14.2. The topological polar surface area (TPSA) is 122 Å². The van der Waals surface area contributed by atoms with Crippen LogP contribution in [-0.2, 0) is 22.6 Å². The molecular formula is C38H41N5O5. The van der Waals surface area contributed by atoms with Gasteiger partial charge in [0.05, 0.1) is 35.4 Å². The highest BCUT2D eigenvalue weighted by Gasteiger charge is 2.39. The number of nitrogens with zero attached hydrogens (tertiary/aromatic N) is 3. The Kier molecular flexibility index (Phi) is 9.49. The minimum absolute atomic E-state index is 0.00855. The van der Waals surface area contributed by atoms with Gasteiger partial charge in [0.2, 0.25) is 0 Å². The van der Waals surface area contributed by atoms with Gasteiger partial charge >= 0.3 is 5.69 Å². The van der Waals surface area contributed by atoms with Crippen molar-refractivity contribution in [3.8, 4) is 0 Å². The lowest BCUT2D eigenvalue weighted by atomic mass is 9.89. The molecule has 2 aliphatic rings. The molecule has 10 nitrogen and oxygen atoms in total. The number of aliphatic hydroxyl groups excluding tert-OH is 1. The number of likely N-dealkylation sites (tertiary alicyclic amines) is 1. The first-order chi connectivity index (χ1) is 23.5. The summed E-state index contributed by atoms with van der Waals surface area (Å²) < 4.78 is 15.3. The summed E-state index contributed by atoms with van der Waals surface area (Å²) in [6.45, 7) is 5.04. The Morgan fingerprint density at radius 1 is 0.938 bits per heavy atom. The second-order valence-corrected chi connectivity index (χ2v) is 12.8. The number of carbonyl (C=O) groups excluding carboxylic acids is 1. The molecule has 0 radical (unpaired) electrons. The Balaban J connectivity index is 1.05. The maximum absolute atomic E-state index is 12.8. The molecule has 4 atom stereocenters. The zero-order chi connectivity index (χ0) is 33.0. The minimum atomic E-state index is -0.574. The van der Waals surface area contributed by atoms with E-state index < -0.39 is 6.29 Å². The van der Waals surface area contributed by atoms with E-state index in [1.54, 1.807) is 24.5 Å². The molecule has 0 aliphatic carbocycles. The van der Waals surface area contributed by atoms with E-state index in [0.717, 1.165) is 65.8 Å². The summed E-state index contributed by atoms with van der Waals surface area (Å²) in [6, 6.07) is 27.4. The number of amides is 1. The molecule has 10 heteroatoms. The molecule has 48 heavy (non-hydrogen) atoms. The van der Waals surface area contributed by atoms with Crippen LogP contribution in [0.5, 0.6) is 0 Å². The molecule has 2 aromatic heterocycles. The van der Waals surface area contributed by atoms with Gasteiger partial charge in [0.15, 0.2) is 6.29 Å². The molecule has 2 saturated heterocycles. The minimum Gasteiger partial charge on any atom is -0.392 e. The highest BCUT2D eigenvalue weighted by Crippen LogP contribution is 2.42. The van der Waals surface area contributed by atoms with Crippen molar-refractivity contribution in [1.29, 1.82) is 0 Å². The first kappa shape index (κ1) is 32.0. The molecule has 4 unspecified atom stereocenters. The summed E-state index contributed by atoms with van der Waals surface area (Å²) in [7, 11) is 0. The number of pyridine rings is 1. The number of ether oxygens (including phenoxy) is 2. The van der Waals surface area contributed by atoms with Crippen LogP contribution in [0.4, 0.5) is 0 Å². The first-order valence-electron chi connectivity index (χ1n) is 16.7. The number of benzene rings is 3. The van der Waals surface area contributed by atoms with Crippen LogP contribution in [-0.4, -0.2) is 56.2 Å². The summed E-state index contributed by atoms with van der Waals surface area (Å²) in [5, 5.41) is 12.5. The van der Waals surface area contributed by atoms with E-state index in [1.807, 2.05) is 77.4 Å². The maximum Gasteiger partial charge on any atom is 0.326 e. The Labute approximate surface area is 279 Å². The molecule has 3 aromatic carbocycles. The largest absolute Gasteiger partial charge is 0.392 e. The van der Waals surface area contributed by atoms with Crippen molar-refractivity contribution < 1.29 is 19.4 Å². The zero-order valence-corrected chi connectivity index (χ0v) is 27.0. The van der Waals surface area contributed by atoms with E-state index >= 15 is 0 Å². The third kappa shape index (κ3) is 6.84. The highest BCUT2D eigenvalue weighted by molar-refractivity contribution is 5.93. The Morgan fingerprint density at radius 2 is 1.67 bits per heavy atom. The average Bonchev–Trinajstić information content (AvgIpc) is 3.48. The summed E-state index contributed by atoms with van der Waals surface area (Å²) in [5.74, 6) is -0.104. The number of piperidine rings is 1. The standard InChI is InChI=1S/C38H41N5O5/c1-25-34(23-42-19-16-31(17-20-42)43-33-7-3-2-6-32(33)41-38(43)46)47-37(48-35(25)28-12-10-27(24-44)11-13-28)29-14-8-26(9-15-29)21-40-36(45)30-5-4-18-39-22-30/h2-15,18,22,25,31,34-35,37,44H,16-17,19-21,23-24H2,1H3,(H,40,45)(H,41,46). The van der Waals surface area contributed by atoms with Crippen molar-refractivity contribution >= 4 is 16.9 Å². The van der Waals surface area contributed by atoms with E-state index in [1.165, 1.54) is 0 Å². The first-order valence-corrected chi connectivity index (χ1v) is 16.7. The van der Waals surface area contributed by atoms with Gasteiger partial charge in [-0.15, -0.1) is 0 Å². The van der Waals surface area contributed by atoms with Crippen molar-refractivity contribution in [3.63, 3.8) is 0 Å². The third-order valence-electron chi connectivity index (χ3n) is 9.74. The van der Waals surface area contributed by atoms with E-state index in [0.29, 0.717) is 12.1 Å². The Hall–Kier alpha value is -4.61. The van der Waals surface area contributed by atoms with Crippen LogP contribution in [0.1, 0.15) is 70.8 Å². The number of hydrogen-bond donors (Lipinski definition) is 3. The fraction of sp³-hybridized carbons (Fsp3) is 0.342. The SMILES string of the molecule is CC1C(CN2CCC(n3c(=O)[nH]c4ccccc43)CC2)OC(c2ccc(CNC(=O)c3cccnc3)cc2)OC1c1ccc(CO)cc1. The molecule has 0 saturated carbocycles. The molecule has 1 amide bonds. The van der Waals surface area contributed by atoms with Crippen molar-refractivity contribution in [2.45, 2.75) is 57.5 Å². The normalized spacial score (nSPS) is 22.1. The summed E-state index contributed by atoms with van der Waals surface area (Å²) in [5.41, 5.74) is 6.08. The predicted octanol–water partition coefficient (Wildman–Crippen LogP) is 5.28. The van der Waals surface area contributed by atoms with Crippen LogP contribution in [0.15, 0.2) is 102 Å². The van der Waals surface area contributed by atoms with Gasteiger partial charge in [0, 0.05) is 56.1 Å². The molecule has 4 heterocycles. The molecule has 7 rings (SSSR count). The lowest BCUT2D eigenvalue weighted by molar-refractivity contribution is -0.276. The number of fused-ring (bicyclic) bond motifs is 1. The molecule has 0 spiro atoms. The third-order valence-corrected chi connectivity index (χ3v) is 9.74. The monoisotopic (exact) mass is 647 g/mol. The molecule has 2 aliphatic heterocycles. The number of rotatable bonds is 9. The second-order valence-electron chi connectivity index (χ2n) is 12.8. The number of aromatic amines is 1. The van der Waals surface area contributed by atoms with E-state index in [4.69, 9.17) is 9.47 Å². The van der Waals surface area contributed by atoms with Gasteiger partial charge in [0.1, 0.15) is 0 Å². The number of aromatic nitrogens is 3. The maximum atomic E-state index is 12.8. The Bertz CT molecular complexity index is 1880. The molecule has 3 N–H and O–H groups in total. The van der Waals surface area contributed by atoms with Crippen LogP contribution >= 0.6 is 0 Å². The fourth-order valence-corrected chi connectivity index (χ4v) is 6.95. The van der Waals surface area contributed by atoms with Gasteiger partial charge < -0.3 is 29.8 Å². The highest BCUT2D eigenvalue weighted by atomic mass is 16.7. The zero-order valence-electron chi connectivity index (χ0n) is 27.0. The van der Waals surface area contributed by atoms with Gasteiger partial charge in [0.25, 0.3) is 5.91 Å². The smallest absolute Gasteiger partial charge is 0.326 e. The van der Waals surface area contributed by atoms with Crippen LogP contribution in [0, 0.1) is 5.92 Å². The number of para-hydroxylation sites is 2. The van der Waals surface area contributed by atoms with Gasteiger partial charge in [-0.3, -0.25) is 14.3 Å². The van der Waals surface area contributed by atoms with Crippen LogP contribution in [0.3, 0.4) is 0 Å². The van der Waals surface area contributed by atoms with Crippen LogP contribution < -0.4 is 11.0 Å². The predicted molar refractivity (Wildman–Crippen MR) is 182 cm³/mol. The van der Waals surface area contributed by atoms with Crippen molar-refractivity contribution in [3.05, 3.63) is 136 Å². The van der Waals surface area contributed by atoms with Crippen molar-refractivity contribution in [2.75, 3.05) is 19.6 Å². The van der Waals surface area contributed by atoms with Gasteiger partial charge in [-0.2, -0.15) is 0 Å². The lowest BCUT2D eigenvalue weighted by Crippen LogP contribution is -2.47. The fourth-order valence-electron chi connectivity index (χ4n) is 6.95. The number of hydrogen-bond acceptors (Lipinski definition) is 7. The molecule has 248 valence electrons. The molecule has 2 fully saturated rings. The molecular weight excluding hydrogens is 606 g/mol. The lowest BCUT2D eigenvalue weighted by Gasteiger charge is -2.44.